The molecule has 6 N–H and O–H groups in total. The lowest BCUT2D eigenvalue weighted by Gasteiger charge is -2.11. The Bertz CT molecular complexity index is 1220. The molecule has 0 spiro atoms. The summed E-state index contributed by atoms with van der Waals surface area (Å²) in [7, 11) is 1.66. The molecular formula is C22H24N6O5. The van der Waals surface area contributed by atoms with Crippen LogP contribution in [0.5, 0.6) is 5.75 Å². The van der Waals surface area contributed by atoms with Crippen molar-refractivity contribution in [2.24, 2.45) is 0 Å². The second-order valence-corrected chi connectivity index (χ2v) is 6.55. The summed E-state index contributed by atoms with van der Waals surface area (Å²) in [6, 6.07) is 13.7. The highest BCUT2D eigenvalue weighted by Crippen LogP contribution is 2.33. The SMILES string of the molecule is CC(=O)O.CC(=O)O.COc1cccc(-c2cc(Nc3ccnc(N)n3)cc3cn[nH]c23)c1. The summed E-state index contributed by atoms with van der Waals surface area (Å²) in [5, 5.41) is 26.3. The number of nitrogens with zero attached hydrogens (tertiary/aromatic N) is 3. The van der Waals surface area contributed by atoms with Gasteiger partial charge in [-0.05, 0) is 35.9 Å². The first-order valence-electron chi connectivity index (χ1n) is 9.55. The number of ether oxygens (including phenoxy) is 1. The van der Waals surface area contributed by atoms with Gasteiger partial charge in [-0.15, -0.1) is 0 Å². The van der Waals surface area contributed by atoms with Crippen LogP contribution in [0.4, 0.5) is 17.5 Å². The van der Waals surface area contributed by atoms with Crippen LogP contribution in [0.25, 0.3) is 22.0 Å². The Hall–Kier alpha value is -4.67. The van der Waals surface area contributed by atoms with Crippen LogP contribution in [-0.2, 0) is 9.59 Å². The molecule has 2 heterocycles. The van der Waals surface area contributed by atoms with E-state index in [0.29, 0.717) is 5.82 Å². The van der Waals surface area contributed by atoms with Gasteiger partial charge < -0.3 is 26.0 Å². The Morgan fingerprint density at radius 1 is 1.09 bits per heavy atom. The van der Waals surface area contributed by atoms with Crippen LogP contribution in [0.2, 0.25) is 0 Å². The van der Waals surface area contributed by atoms with E-state index in [1.165, 1.54) is 0 Å². The Labute approximate surface area is 189 Å². The number of hydrogen-bond donors (Lipinski definition) is 5. The van der Waals surface area contributed by atoms with Crippen LogP contribution in [0.3, 0.4) is 0 Å². The highest BCUT2D eigenvalue weighted by molar-refractivity contribution is 5.97. The Morgan fingerprint density at radius 2 is 1.79 bits per heavy atom. The zero-order valence-corrected chi connectivity index (χ0v) is 18.2. The molecule has 0 fully saturated rings. The van der Waals surface area contributed by atoms with Crippen LogP contribution in [0, 0.1) is 0 Å². The summed E-state index contributed by atoms with van der Waals surface area (Å²) in [6.07, 6.45) is 3.41. The molecule has 0 aliphatic rings. The Morgan fingerprint density at radius 3 is 2.42 bits per heavy atom. The minimum absolute atomic E-state index is 0.224. The van der Waals surface area contributed by atoms with Gasteiger partial charge in [-0.2, -0.15) is 10.1 Å². The largest absolute Gasteiger partial charge is 0.497 e. The van der Waals surface area contributed by atoms with Crippen LogP contribution < -0.4 is 15.8 Å². The second-order valence-electron chi connectivity index (χ2n) is 6.55. The zero-order chi connectivity index (χ0) is 24.4. The first-order valence-corrected chi connectivity index (χ1v) is 9.55. The normalized spacial score (nSPS) is 9.67. The van der Waals surface area contributed by atoms with Gasteiger partial charge in [-0.1, -0.05) is 12.1 Å². The van der Waals surface area contributed by atoms with Gasteiger partial charge in [0.25, 0.3) is 11.9 Å². The van der Waals surface area contributed by atoms with E-state index in [9.17, 15) is 0 Å². The van der Waals surface area contributed by atoms with E-state index >= 15 is 0 Å². The molecule has 0 saturated heterocycles. The van der Waals surface area contributed by atoms with Crippen molar-refractivity contribution in [1.29, 1.82) is 0 Å². The fraction of sp³-hybridized carbons (Fsp3) is 0.136. The van der Waals surface area contributed by atoms with Crippen LogP contribution in [-0.4, -0.2) is 49.4 Å². The number of aromatic nitrogens is 4. The van der Waals surface area contributed by atoms with E-state index in [-0.39, 0.29) is 5.95 Å². The molecule has 0 unspecified atom stereocenters. The number of rotatable bonds is 4. The summed E-state index contributed by atoms with van der Waals surface area (Å²) < 4.78 is 5.34. The van der Waals surface area contributed by atoms with Gasteiger partial charge in [-0.3, -0.25) is 14.7 Å². The minimum atomic E-state index is -0.833. The van der Waals surface area contributed by atoms with Crippen LogP contribution in [0.1, 0.15) is 13.8 Å². The molecule has 0 radical (unpaired) electrons. The van der Waals surface area contributed by atoms with E-state index in [2.05, 4.69) is 25.5 Å². The van der Waals surface area contributed by atoms with E-state index in [4.69, 9.17) is 30.3 Å². The molecule has 0 saturated carbocycles. The molecule has 172 valence electrons. The van der Waals surface area contributed by atoms with E-state index in [1.807, 2.05) is 36.4 Å². The van der Waals surface area contributed by atoms with Gasteiger partial charge in [0.1, 0.15) is 11.6 Å². The molecular weight excluding hydrogens is 428 g/mol. The highest BCUT2D eigenvalue weighted by Gasteiger charge is 2.10. The number of anilines is 3. The number of fused-ring (bicyclic) bond motifs is 1. The summed E-state index contributed by atoms with van der Waals surface area (Å²) in [6.45, 7) is 2.17. The molecule has 11 nitrogen and oxygen atoms in total. The molecule has 0 aliphatic carbocycles. The molecule has 2 aromatic heterocycles. The maximum atomic E-state index is 9.00. The number of nitrogens with two attached hydrogens (primary N) is 1. The average molecular weight is 452 g/mol. The maximum Gasteiger partial charge on any atom is 0.300 e. The third-order valence-corrected chi connectivity index (χ3v) is 3.88. The third kappa shape index (κ3) is 7.83. The van der Waals surface area contributed by atoms with Crippen molar-refractivity contribution in [2.75, 3.05) is 18.2 Å². The Kier molecular flexibility index (Phi) is 8.68. The van der Waals surface area contributed by atoms with Gasteiger partial charge in [-0.25, -0.2) is 4.98 Å². The first-order chi connectivity index (χ1) is 15.7. The standard InChI is InChI=1S/C18H16N6O.2C2H4O2/c1-25-14-4-2-3-11(8-14)15-9-13(7-12-10-21-24-17(12)15)22-16-5-6-20-18(19)23-16;2*1-2(3)4/h2-10H,1H3,(H,21,24)(H3,19,20,22,23);2*1H3,(H,3,4). The Balaban J connectivity index is 0.000000420. The van der Waals surface area contributed by atoms with Gasteiger partial charge in [0, 0.05) is 36.7 Å². The van der Waals surface area contributed by atoms with E-state index in [0.717, 1.165) is 47.3 Å². The average Bonchev–Trinajstić information content (AvgIpc) is 3.21. The molecule has 4 aromatic rings. The zero-order valence-electron chi connectivity index (χ0n) is 18.2. The van der Waals surface area contributed by atoms with Crippen molar-refractivity contribution in [3.05, 3.63) is 54.9 Å². The highest BCUT2D eigenvalue weighted by atomic mass is 16.5. The molecule has 0 amide bonds. The molecule has 0 atom stereocenters. The molecule has 2 aromatic carbocycles. The third-order valence-electron chi connectivity index (χ3n) is 3.88. The molecule has 33 heavy (non-hydrogen) atoms. The lowest BCUT2D eigenvalue weighted by molar-refractivity contribution is -0.135. The summed E-state index contributed by atoms with van der Waals surface area (Å²) >= 11 is 0. The molecule has 0 aliphatic heterocycles. The number of carbonyl (C=O) groups is 2. The summed E-state index contributed by atoms with van der Waals surface area (Å²) in [5.74, 6) is -0.0125. The number of methoxy groups -OCH3 is 1. The maximum absolute atomic E-state index is 9.00. The number of carboxylic acids is 2. The molecule has 11 heteroatoms. The lowest BCUT2D eigenvalue weighted by Crippen LogP contribution is -1.99. The van der Waals surface area contributed by atoms with Crippen LogP contribution >= 0.6 is 0 Å². The number of H-pyrrole nitrogens is 1. The first kappa shape index (κ1) is 24.6. The topological polar surface area (TPSA) is 176 Å². The number of hydrogen-bond acceptors (Lipinski definition) is 8. The fourth-order valence-electron chi connectivity index (χ4n) is 2.74. The van der Waals surface area contributed by atoms with Crippen molar-refractivity contribution in [3.63, 3.8) is 0 Å². The lowest BCUT2D eigenvalue weighted by atomic mass is 10.0. The number of nitrogen functional groups attached to an aromatic ring is 1. The summed E-state index contributed by atoms with van der Waals surface area (Å²) in [5.41, 5.74) is 9.53. The minimum Gasteiger partial charge on any atom is -0.497 e. The molecule has 4 rings (SSSR count). The van der Waals surface area contributed by atoms with Gasteiger partial charge >= 0.3 is 0 Å². The van der Waals surface area contributed by atoms with Crippen molar-refractivity contribution >= 4 is 40.3 Å². The van der Waals surface area contributed by atoms with Gasteiger partial charge in [0.05, 0.1) is 18.8 Å². The molecule has 0 bridgehead atoms. The number of aliphatic carboxylic acids is 2. The number of benzene rings is 2. The predicted molar refractivity (Wildman–Crippen MR) is 124 cm³/mol. The number of nitrogens with one attached hydrogen (secondary N) is 2. The van der Waals surface area contributed by atoms with Gasteiger partial charge in [0.15, 0.2) is 0 Å². The van der Waals surface area contributed by atoms with E-state index in [1.54, 1.807) is 25.6 Å². The van der Waals surface area contributed by atoms with Crippen molar-refractivity contribution in [2.45, 2.75) is 13.8 Å². The van der Waals surface area contributed by atoms with Crippen molar-refractivity contribution in [3.8, 4) is 16.9 Å². The second kappa shape index (κ2) is 11.6. The smallest absolute Gasteiger partial charge is 0.300 e. The van der Waals surface area contributed by atoms with E-state index < -0.39 is 11.9 Å². The number of aromatic amines is 1. The fourth-order valence-corrected chi connectivity index (χ4v) is 2.74. The van der Waals surface area contributed by atoms with Crippen molar-refractivity contribution in [1.82, 2.24) is 20.2 Å². The van der Waals surface area contributed by atoms with Gasteiger partial charge in [0.2, 0.25) is 5.95 Å². The number of carboxylic acid groups (broad SMARTS) is 2. The quantitative estimate of drug-likeness (QED) is 0.308. The predicted octanol–water partition coefficient (Wildman–Crippen LogP) is 3.54. The summed E-state index contributed by atoms with van der Waals surface area (Å²) in [4.78, 5) is 26.1. The monoisotopic (exact) mass is 452 g/mol. The van der Waals surface area contributed by atoms with Crippen LogP contribution in [0.15, 0.2) is 54.9 Å². The van der Waals surface area contributed by atoms with Crippen molar-refractivity contribution < 1.29 is 24.5 Å².